The monoisotopic (exact) mass is 275 g/mol. The summed E-state index contributed by atoms with van der Waals surface area (Å²) in [5.41, 5.74) is 8.97. The highest BCUT2D eigenvalue weighted by Crippen LogP contribution is 2.55. The van der Waals surface area contributed by atoms with Crippen LogP contribution in [0.4, 0.5) is 0 Å². The molecule has 2 aromatic heterocycles. The van der Waals surface area contributed by atoms with Crippen LogP contribution < -0.4 is 5.73 Å². The molecule has 4 rings (SSSR count). The van der Waals surface area contributed by atoms with Crippen LogP contribution in [0.1, 0.15) is 25.3 Å². The maximum absolute atomic E-state index is 6.39. The molecular formula is C15H14ClNO2. The molecule has 0 bridgehead atoms. The Kier molecular flexibility index (Phi) is 2.13. The number of furan rings is 2. The molecule has 0 aliphatic heterocycles. The second kappa shape index (κ2) is 3.56. The summed E-state index contributed by atoms with van der Waals surface area (Å²) in [4.78, 5) is 0. The van der Waals surface area contributed by atoms with Crippen molar-refractivity contribution >= 4 is 33.5 Å². The maximum atomic E-state index is 6.39. The predicted molar refractivity (Wildman–Crippen MR) is 75.6 cm³/mol. The molecule has 3 aromatic rings. The van der Waals surface area contributed by atoms with Gasteiger partial charge in [-0.1, -0.05) is 11.6 Å². The minimum absolute atomic E-state index is 0.00279. The van der Waals surface area contributed by atoms with Crippen molar-refractivity contribution in [1.82, 2.24) is 0 Å². The third kappa shape index (κ3) is 1.32. The van der Waals surface area contributed by atoms with Crippen molar-refractivity contribution in [2.75, 3.05) is 0 Å². The summed E-state index contributed by atoms with van der Waals surface area (Å²) >= 11 is 6.39. The van der Waals surface area contributed by atoms with Crippen LogP contribution in [-0.4, -0.2) is 6.04 Å². The fraction of sp³-hybridized carbons (Fsp3) is 0.333. The first kappa shape index (κ1) is 11.4. The van der Waals surface area contributed by atoms with Crippen LogP contribution in [0.5, 0.6) is 0 Å². The molecule has 2 heterocycles. The van der Waals surface area contributed by atoms with Gasteiger partial charge in [0.15, 0.2) is 5.58 Å². The minimum atomic E-state index is 0.00279. The molecular weight excluding hydrogens is 262 g/mol. The number of benzene rings is 1. The molecule has 0 spiro atoms. The highest BCUT2D eigenvalue weighted by Gasteiger charge is 2.50. The average Bonchev–Trinajstić information content (AvgIpc) is 2.85. The van der Waals surface area contributed by atoms with Crippen LogP contribution in [0, 0.1) is 0 Å². The summed E-state index contributed by atoms with van der Waals surface area (Å²) in [7, 11) is 0. The van der Waals surface area contributed by atoms with Crippen LogP contribution in [0.3, 0.4) is 0 Å². The van der Waals surface area contributed by atoms with E-state index in [4.69, 9.17) is 26.2 Å². The number of hydrogen-bond donors (Lipinski definition) is 1. The molecule has 0 radical (unpaired) electrons. The SMILES string of the molecule is CC(N)C1(c2c3ccoc3c(Cl)c3ccoc23)CC1. The Morgan fingerprint density at radius 3 is 2.42 bits per heavy atom. The van der Waals surface area contributed by atoms with E-state index in [1.807, 2.05) is 12.1 Å². The Balaban J connectivity index is 2.20. The molecule has 2 N–H and O–H groups in total. The molecule has 98 valence electrons. The van der Waals surface area contributed by atoms with Gasteiger partial charge in [0.1, 0.15) is 5.58 Å². The lowest BCUT2D eigenvalue weighted by molar-refractivity contribution is 0.543. The molecule has 1 aliphatic rings. The summed E-state index contributed by atoms with van der Waals surface area (Å²) in [6.45, 7) is 2.06. The zero-order valence-corrected chi connectivity index (χ0v) is 11.3. The van der Waals surface area contributed by atoms with Gasteiger partial charge in [0.2, 0.25) is 0 Å². The molecule has 3 nitrogen and oxygen atoms in total. The van der Waals surface area contributed by atoms with Crippen molar-refractivity contribution < 1.29 is 8.83 Å². The molecule has 1 atom stereocenters. The molecule has 0 amide bonds. The van der Waals surface area contributed by atoms with E-state index in [2.05, 4.69) is 6.92 Å². The number of fused-ring (bicyclic) bond motifs is 2. The Bertz CT molecular complexity index is 728. The Labute approximate surface area is 115 Å². The van der Waals surface area contributed by atoms with Crippen LogP contribution in [0.2, 0.25) is 5.02 Å². The van der Waals surface area contributed by atoms with E-state index in [1.54, 1.807) is 12.5 Å². The number of halogens is 1. The van der Waals surface area contributed by atoms with Crippen molar-refractivity contribution in [1.29, 1.82) is 0 Å². The molecule has 0 saturated heterocycles. The van der Waals surface area contributed by atoms with Crippen LogP contribution in [-0.2, 0) is 5.41 Å². The van der Waals surface area contributed by atoms with Gasteiger partial charge in [0, 0.05) is 27.8 Å². The van der Waals surface area contributed by atoms with E-state index in [0.717, 1.165) is 40.3 Å². The van der Waals surface area contributed by atoms with Gasteiger partial charge in [-0.2, -0.15) is 0 Å². The Morgan fingerprint density at radius 2 is 1.79 bits per heavy atom. The van der Waals surface area contributed by atoms with Gasteiger partial charge >= 0.3 is 0 Å². The fourth-order valence-corrected chi connectivity index (χ4v) is 3.45. The summed E-state index contributed by atoms with van der Waals surface area (Å²) < 4.78 is 11.3. The first-order chi connectivity index (χ1) is 9.15. The Morgan fingerprint density at radius 1 is 1.16 bits per heavy atom. The summed E-state index contributed by atoms with van der Waals surface area (Å²) in [6, 6.07) is 3.93. The van der Waals surface area contributed by atoms with E-state index in [-0.39, 0.29) is 11.5 Å². The van der Waals surface area contributed by atoms with Gasteiger partial charge in [0.05, 0.1) is 17.5 Å². The zero-order valence-electron chi connectivity index (χ0n) is 10.6. The summed E-state index contributed by atoms with van der Waals surface area (Å²) in [5.74, 6) is 0. The molecule has 4 heteroatoms. The molecule has 1 aromatic carbocycles. The Hall–Kier alpha value is -1.45. The zero-order chi connectivity index (χ0) is 13.2. The first-order valence-electron chi connectivity index (χ1n) is 6.47. The highest BCUT2D eigenvalue weighted by molar-refractivity contribution is 6.40. The van der Waals surface area contributed by atoms with Gasteiger partial charge in [-0.15, -0.1) is 0 Å². The summed E-state index contributed by atoms with van der Waals surface area (Å²) in [5, 5.41) is 2.56. The van der Waals surface area contributed by atoms with E-state index >= 15 is 0 Å². The minimum Gasteiger partial charge on any atom is -0.464 e. The van der Waals surface area contributed by atoms with E-state index in [9.17, 15) is 0 Å². The van der Waals surface area contributed by atoms with Crippen molar-refractivity contribution in [2.24, 2.45) is 5.73 Å². The third-order valence-electron chi connectivity index (χ3n) is 4.42. The second-order valence-electron chi connectivity index (χ2n) is 5.46. The van der Waals surface area contributed by atoms with E-state index in [0.29, 0.717) is 5.02 Å². The number of hydrogen-bond acceptors (Lipinski definition) is 3. The van der Waals surface area contributed by atoms with Crippen molar-refractivity contribution in [2.45, 2.75) is 31.2 Å². The lowest BCUT2D eigenvalue weighted by atomic mass is 9.86. The van der Waals surface area contributed by atoms with Crippen molar-refractivity contribution in [3.63, 3.8) is 0 Å². The van der Waals surface area contributed by atoms with Crippen molar-refractivity contribution in [3.8, 4) is 0 Å². The van der Waals surface area contributed by atoms with Crippen LogP contribution >= 0.6 is 11.6 Å². The molecule has 1 aliphatic carbocycles. The van der Waals surface area contributed by atoms with Crippen molar-refractivity contribution in [3.05, 3.63) is 35.2 Å². The molecule has 1 unspecified atom stereocenters. The topological polar surface area (TPSA) is 52.3 Å². The largest absolute Gasteiger partial charge is 0.464 e. The van der Waals surface area contributed by atoms with E-state index in [1.165, 1.54) is 0 Å². The third-order valence-corrected chi connectivity index (χ3v) is 4.80. The number of nitrogens with two attached hydrogens (primary N) is 1. The molecule has 19 heavy (non-hydrogen) atoms. The summed E-state index contributed by atoms with van der Waals surface area (Å²) in [6.07, 6.45) is 5.52. The first-order valence-corrected chi connectivity index (χ1v) is 6.85. The van der Waals surface area contributed by atoms with Gasteiger partial charge in [-0.25, -0.2) is 0 Å². The van der Waals surface area contributed by atoms with E-state index < -0.39 is 0 Å². The smallest absolute Gasteiger partial charge is 0.153 e. The number of rotatable bonds is 2. The standard InChI is InChI=1S/C15H14ClNO2/c1-8(17)15(4-5-15)11-9-2-6-19-14(9)12(16)10-3-7-18-13(10)11/h2-3,6-8H,4-5,17H2,1H3. The van der Waals surface area contributed by atoms with Gasteiger partial charge in [0.25, 0.3) is 0 Å². The normalized spacial score (nSPS) is 19.1. The highest BCUT2D eigenvalue weighted by atomic mass is 35.5. The van der Waals surface area contributed by atoms with Crippen LogP contribution in [0.15, 0.2) is 33.5 Å². The van der Waals surface area contributed by atoms with Gasteiger partial charge < -0.3 is 14.6 Å². The predicted octanol–water partition coefficient (Wildman–Crippen LogP) is 4.21. The van der Waals surface area contributed by atoms with Gasteiger partial charge in [-0.05, 0) is 31.9 Å². The molecule has 1 saturated carbocycles. The average molecular weight is 276 g/mol. The quantitative estimate of drug-likeness (QED) is 0.762. The lowest BCUT2D eigenvalue weighted by Gasteiger charge is -2.21. The lowest BCUT2D eigenvalue weighted by Crippen LogP contribution is -2.31. The fourth-order valence-electron chi connectivity index (χ4n) is 3.16. The van der Waals surface area contributed by atoms with Crippen LogP contribution in [0.25, 0.3) is 21.9 Å². The molecule has 1 fully saturated rings. The maximum Gasteiger partial charge on any atom is 0.153 e. The second-order valence-corrected chi connectivity index (χ2v) is 5.84. The van der Waals surface area contributed by atoms with Gasteiger partial charge in [-0.3, -0.25) is 0 Å².